The van der Waals surface area contributed by atoms with Gasteiger partial charge in [0.25, 0.3) is 0 Å². The third-order valence-corrected chi connectivity index (χ3v) is 5.04. The second-order valence-corrected chi connectivity index (χ2v) is 6.42. The van der Waals surface area contributed by atoms with Crippen molar-refractivity contribution in [2.24, 2.45) is 5.73 Å². The summed E-state index contributed by atoms with van der Waals surface area (Å²) in [5.41, 5.74) is 4.39. The smallest absolute Gasteiger partial charge is 0.416 e. The molecule has 1 rings (SSSR count). The Morgan fingerprint density at radius 1 is 1.23 bits per heavy atom. The van der Waals surface area contributed by atoms with Crippen LogP contribution in [0.2, 0.25) is 0 Å². The molecule has 22 heavy (non-hydrogen) atoms. The zero-order valence-corrected chi connectivity index (χ0v) is 13.4. The summed E-state index contributed by atoms with van der Waals surface area (Å²) in [6, 6.07) is 3.24. The molecular formula is C13H19F3NO4P. The largest absolute Gasteiger partial charge is 0.497 e. The van der Waals surface area contributed by atoms with Gasteiger partial charge in [0.2, 0.25) is 0 Å². The SMILES string of the molecule is CCOP(=O)(OCC)[C@@H](N)c1ccc(OC)cc1C(F)(F)F. The number of hydrogen-bond acceptors (Lipinski definition) is 5. The molecule has 0 amide bonds. The van der Waals surface area contributed by atoms with Crippen LogP contribution in [0.25, 0.3) is 0 Å². The van der Waals surface area contributed by atoms with Gasteiger partial charge in [0.1, 0.15) is 11.5 Å². The van der Waals surface area contributed by atoms with Crippen molar-refractivity contribution in [3.05, 3.63) is 29.3 Å². The van der Waals surface area contributed by atoms with Crippen molar-refractivity contribution in [3.8, 4) is 5.75 Å². The topological polar surface area (TPSA) is 70.8 Å². The maximum absolute atomic E-state index is 13.2. The first-order chi connectivity index (χ1) is 10.2. The Balaban J connectivity index is 3.37. The van der Waals surface area contributed by atoms with Gasteiger partial charge >= 0.3 is 13.8 Å². The Bertz CT molecular complexity index is 541. The normalized spacial score (nSPS) is 14.0. The molecule has 0 saturated heterocycles. The molecule has 0 saturated carbocycles. The molecule has 9 heteroatoms. The number of hydrogen-bond donors (Lipinski definition) is 1. The van der Waals surface area contributed by atoms with Crippen LogP contribution in [-0.4, -0.2) is 20.3 Å². The van der Waals surface area contributed by atoms with E-state index in [4.69, 9.17) is 19.5 Å². The van der Waals surface area contributed by atoms with E-state index < -0.39 is 25.1 Å². The molecule has 126 valence electrons. The predicted molar refractivity (Wildman–Crippen MR) is 75.8 cm³/mol. The number of ether oxygens (including phenoxy) is 1. The molecule has 1 aromatic carbocycles. The summed E-state index contributed by atoms with van der Waals surface area (Å²) in [5, 5.41) is 0. The highest BCUT2D eigenvalue weighted by molar-refractivity contribution is 7.54. The fraction of sp³-hybridized carbons (Fsp3) is 0.538. The molecule has 0 fully saturated rings. The maximum Gasteiger partial charge on any atom is 0.416 e. The third kappa shape index (κ3) is 4.23. The number of alkyl halides is 3. The van der Waals surface area contributed by atoms with E-state index in [0.717, 1.165) is 12.1 Å². The van der Waals surface area contributed by atoms with Crippen LogP contribution in [-0.2, 0) is 19.8 Å². The lowest BCUT2D eigenvalue weighted by atomic mass is 10.1. The van der Waals surface area contributed by atoms with Crippen LogP contribution in [0.4, 0.5) is 13.2 Å². The summed E-state index contributed by atoms with van der Waals surface area (Å²) in [5.74, 6) is -1.53. The average Bonchev–Trinajstić information content (AvgIpc) is 2.45. The highest BCUT2D eigenvalue weighted by Crippen LogP contribution is 2.59. The minimum Gasteiger partial charge on any atom is -0.497 e. The Kier molecular flexibility index (Phi) is 6.43. The molecule has 0 aliphatic heterocycles. The van der Waals surface area contributed by atoms with E-state index in [-0.39, 0.29) is 24.5 Å². The zero-order valence-electron chi connectivity index (χ0n) is 12.5. The quantitative estimate of drug-likeness (QED) is 0.761. The first kappa shape index (κ1) is 19.0. The minimum atomic E-state index is -4.68. The van der Waals surface area contributed by atoms with Crippen molar-refractivity contribution in [1.82, 2.24) is 0 Å². The minimum absolute atomic E-state index is 0.00246. The van der Waals surface area contributed by atoms with E-state index >= 15 is 0 Å². The number of rotatable bonds is 7. The van der Waals surface area contributed by atoms with Crippen molar-refractivity contribution in [1.29, 1.82) is 0 Å². The summed E-state index contributed by atoms with van der Waals surface area (Å²) < 4.78 is 67.0. The van der Waals surface area contributed by atoms with Gasteiger partial charge in [-0.3, -0.25) is 4.57 Å². The number of nitrogens with two attached hydrogens (primary N) is 1. The van der Waals surface area contributed by atoms with Crippen LogP contribution in [0.15, 0.2) is 18.2 Å². The van der Waals surface area contributed by atoms with Gasteiger partial charge in [-0.15, -0.1) is 0 Å². The average molecular weight is 341 g/mol. The lowest BCUT2D eigenvalue weighted by Gasteiger charge is -2.25. The number of methoxy groups -OCH3 is 1. The first-order valence-corrected chi connectivity index (χ1v) is 8.20. The van der Waals surface area contributed by atoms with Crippen molar-refractivity contribution < 1.29 is 31.5 Å². The van der Waals surface area contributed by atoms with Crippen molar-refractivity contribution in [2.75, 3.05) is 20.3 Å². The first-order valence-electron chi connectivity index (χ1n) is 6.59. The van der Waals surface area contributed by atoms with E-state index in [1.165, 1.54) is 13.2 Å². The number of halogens is 3. The molecule has 0 unspecified atom stereocenters. The fourth-order valence-electron chi connectivity index (χ4n) is 1.89. The van der Waals surface area contributed by atoms with E-state index in [1.807, 2.05) is 0 Å². The standard InChI is InChI=1S/C13H19F3NO4P/c1-4-20-22(18,21-5-2)12(17)10-7-6-9(19-3)8-11(10)13(14,15)16/h6-8,12H,4-5,17H2,1-3H3/t12-/m1/s1. The van der Waals surface area contributed by atoms with Gasteiger partial charge in [-0.25, -0.2) is 0 Å². The van der Waals surface area contributed by atoms with Crippen molar-refractivity contribution in [2.45, 2.75) is 25.8 Å². The highest BCUT2D eigenvalue weighted by Gasteiger charge is 2.41. The summed E-state index contributed by atoms with van der Waals surface area (Å²) in [7, 11) is -2.67. The zero-order chi connectivity index (χ0) is 17.0. The summed E-state index contributed by atoms with van der Waals surface area (Å²) in [4.78, 5) is 0. The molecule has 5 nitrogen and oxygen atoms in total. The van der Waals surface area contributed by atoms with Crippen LogP contribution in [0, 0.1) is 0 Å². The molecule has 0 aliphatic carbocycles. The van der Waals surface area contributed by atoms with Crippen LogP contribution < -0.4 is 10.5 Å². The van der Waals surface area contributed by atoms with Gasteiger partial charge in [-0.2, -0.15) is 13.2 Å². The molecule has 0 bridgehead atoms. The van der Waals surface area contributed by atoms with Crippen LogP contribution in [0.3, 0.4) is 0 Å². The lowest BCUT2D eigenvalue weighted by molar-refractivity contribution is -0.138. The molecule has 0 heterocycles. The van der Waals surface area contributed by atoms with E-state index in [0.29, 0.717) is 0 Å². The van der Waals surface area contributed by atoms with Crippen LogP contribution in [0.5, 0.6) is 5.75 Å². The summed E-state index contributed by atoms with van der Waals surface area (Å²) >= 11 is 0. The molecule has 0 aromatic heterocycles. The second-order valence-electron chi connectivity index (χ2n) is 4.27. The molecular weight excluding hydrogens is 322 g/mol. The predicted octanol–water partition coefficient (Wildman–Crippen LogP) is 3.94. The van der Waals surface area contributed by atoms with E-state index in [1.54, 1.807) is 13.8 Å². The summed E-state index contributed by atoms with van der Waals surface area (Å²) in [6.45, 7) is 3.11. The Labute approximate surface area is 127 Å². The molecule has 0 spiro atoms. The maximum atomic E-state index is 13.2. The molecule has 1 aromatic rings. The van der Waals surface area contributed by atoms with Crippen LogP contribution in [0.1, 0.15) is 30.8 Å². The summed E-state index contributed by atoms with van der Waals surface area (Å²) in [6.07, 6.45) is -4.68. The molecule has 2 N–H and O–H groups in total. The van der Waals surface area contributed by atoms with Gasteiger partial charge in [-0.1, -0.05) is 6.07 Å². The Hall–Kier alpha value is -1.08. The van der Waals surface area contributed by atoms with Gasteiger partial charge < -0.3 is 19.5 Å². The van der Waals surface area contributed by atoms with Crippen molar-refractivity contribution in [3.63, 3.8) is 0 Å². The van der Waals surface area contributed by atoms with Gasteiger partial charge in [0, 0.05) is 0 Å². The molecule has 1 atom stereocenters. The van der Waals surface area contributed by atoms with Gasteiger partial charge in [0.05, 0.1) is 25.9 Å². The van der Waals surface area contributed by atoms with Gasteiger partial charge in [-0.05, 0) is 31.5 Å². The van der Waals surface area contributed by atoms with E-state index in [2.05, 4.69) is 0 Å². The highest BCUT2D eigenvalue weighted by atomic mass is 31.2. The van der Waals surface area contributed by atoms with Crippen molar-refractivity contribution >= 4 is 7.60 Å². The Morgan fingerprint density at radius 2 is 1.77 bits per heavy atom. The van der Waals surface area contributed by atoms with E-state index in [9.17, 15) is 17.7 Å². The molecule has 0 aliphatic rings. The third-order valence-electron chi connectivity index (χ3n) is 2.84. The number of benzene rings is 1. The second kappa shape index (κ2) is 7.46. The monoisotopic (exact) mass is 341 g/mol. The Morgan fingerprint density at radius 3 is 2.18 bits per heavy atom. The van der Waals surface area contributed by atoms with Gasteiger partial charge in [0.15, 0.2) is 0 Å². The fourth-order valence-corrected chi connectivity index (χ4v) is 3.58. The molecule has 0 radical (unpaired) electrons. The van der Waals surface area contributed by atoms with Crippen LogP contribution >= 0.6 is 7.60 Å². The lowest BCUT2D eigenvalue weighted by Crippen LogP contribution is -2.20.